The van der Waals surface area contributed by atoms with E-state index in [1.807, 2.05) is 36.8 Å². The first-order valence-electron chi connectivity index (χ1n) is 12.6. The molecule has 0 saturated carbocycles. The second kappa shape index (κ2) is 17.8. The Kier molecular flexibility index (Phi) is 16.0. The van der Waals surface area contributed by atoms with Crippen LogP contribution in [0.15, 0.2) is 73.2 Å². The van der Waals surface area contributed by atoms with Crippen LogP contribution in [0, 0.1) is 0 Å². The zero-order chi connectivity index (χ0) is 33.0. The Morgan fingerprint density at radius 2 is 1.11 bits per heavy atom. The summed E-state index contributed by atoms with van der Waals surface area (Å²) in [5.74, 6) is 0. The van der Waals surface area contributed by atoms with Crippen molar-refractivity contribution in [3.05, 3.63) is 90.3 Å². The van der Waals surface area contributed by atoms with Gasteiger partial charge in [0, 0.05) is 50.8 Å². The number of hydrogen-bond acceptors (Lipinski definition) is 11. The van der Waals surface area contributed by atoms with E-state index in [1.54, 1.807) is 0 Å². The Bertz CT molecular complexity index is 1410. The van der Waals surface area contributed by atoms with Gasteiger partial charge in [0.25, 0.3) is 0 Å². The van der Waals surface area contributed by atoms with E-state index in [1.165, 1.54) is 12.8 Å². The van der Waals surface area contributed by atoms with E-state index >= 15 is 0 Å². The SMILES string of the molecule is O=S(=O)([O-])C(F)(F)F.O=S(=O)([O-])C(F)(F)F.[Fe+4].c1ccc(CN(Cc2ccccn2)C[C@@H]2CCCN2Cc2ccccn2)nc1. The molecule has 0 unspecified atom stereocenters. The average molecular weight is 727 g/mol. The summed E-state index contributed by atoms with van der Waals surface area (Å²) in [4.78, 5) is 18.6. The van der Waals surface area contributed by atoms with Crippen LogP contribution in [0.1, 0.15) is 29.9 Å². The van der Waals surface area contributed by atoms with Crippen LogP contribution in [0.5, 0.6) is 0 Å². The van der Waals surface area contributed by atoms with Crippen molar-refractivity contribution in [3.63, 3.8) is 0 Å². The van der Waals surface area contributed by atoms with E-state index < -0.39 is 31.3 Å². The molecular weight excluding hydrogens is 700 g/mol. The quantitative estimate of drug-likeness (QED) is 0.144. The van der Waals surface area contributed by atoms with Gasteiger partial charge >= 0.3 is 28.1 Å². The first-order chi connectivity index (χ1) is 20.4. The van der Waals surface area contributed by atoms with Crippen LogP contribution in [0.3, 0.4) is 0 Å². The molecule has 0 aliphatic carbocycles. The molecule has 0 amide bonds. The topological polar surface area (TPSA) is 160 Å². The summed E-state index contributed by atoms with van der Waals surface area (Å²) < 4.78 is 118. The molecule has 1 saturated heterocycles. The van der Waals surface area contributed by atoms with Gasteiger partial charge in [-0.05, 0) is 55.8 Å². The number of alkyl halides is 6. The van der Waals surface area contributed by atoms with Gasteiger partial charge in [0.05, 0.1) is 17.1 Å². The molecular formula is C25H27F6FeN5O6S2+2. The number of hydrogen-bond donors (Lipinski definition) is 0. The molecule has 1 aliphatic heterocycles. The number of pyridine rings is 3. The third kappa shape index (κ3) is 15.0. The predicted octanol–water partition coefficient (Wildman–Crippen LogP) is 3.64. The van der Waals surface area contributed by atoms with Crippen LogP contribution in [0.25, 0.3) is 0 Å². The second-order valence-electron chi connectivity index (χ2n) is 9.20. The average Bonchev–Trinajstić information content (AvgIpc) is 3.35. The molecule has 0 spiro atoms. The smallest absolute Gasteiger partial charge is 0.741 e. The Morgan fingerprint density at radius 1 is 0.733 bits per heavy atom. The van der Waals surface area contributed by atoms with Gasteiger partial charge in [-0.1, -0.05) is 18.2 Å². The minimum absolute atomic E-state index is 0. The Balaban J connectivity index is 0.000000495. The molecule has 248 valence electrons. The van der Waals surface area contributed by atoms with Crippen molar-refractivity contribution in [3.8, 4) is 0 Å². The molecule has 0 radical (unpaired) electrons. The van der Waals surface area contributed by atoms with Crippen molar-refractivity contribution in [1.82, 2.24) is 24.8 Å². The Hall–Kier alpha value is -2.71. The number of rotatable bonds is 8. The predicted molar refractivity (Wildman–Crippen MR) is 142 cm³/mol. The summed E-state index contributed by atoms with van der Waals surface area (Å²) in [6.07, 6.45) is 8.11. The van der Waals surface area contributed by atoms with Crippen molar-refractivity contribution in [1.29, 1.82) is 0 Å². The molecule has 20 heteroatoms. The van der Waals surface area contributed by atoms with E-state index in [-0.39, 0.29) is 17.1 Å². The fraction of sp³-hybridized carbons (Fsp3) is 0.400. The summed E-state index contributed by atoms with van der Waals surface area (Å²) in [5, 5.41) is 0. The van der Waals surface area contributed by atoms with Crippen LogP contribution >= 0.6 is 0 Å². The first kappa shape index (κ1) is 40.3. The van der Waals surface area contributed by atoms with Crippen molar-refractivity contribution in [2.75, 3.05) is 13.1 Å². The molecule has 4 rings (SSSR count). The summed E-state index contributed by atoms with van der Waals surface area (Å²) >= 11 is 0. The van der Waals surface area contributed by atoms with Gasteiger partial charge in [0.2, 0.25) is 0 Å². The Morgan fingerprint density at radius 3 is 1.44 bits per heavy atom. The minimum atomic E-state index is -6.09. The number of nitrogens with zero attached hydrogens (tertiary/aromatic N) is 5. The van der Waals surface area contributed by atoms with Crippen LogP contribution in [0.4, 0.5) is 26.3 Å². The molecule has 3 aromatic rings. The molecule has 0 aromatic carbocycles. The van der Waals surface area contributed by atoms with Gasteiger partial charge in [-0.25, -0.2) is 16.8 Å². The largest absolute Gasteiger partial charge is 4.00 e. The van der Waals surface area contributed by atoms with E-state index in [0.29, 0.717) is 6.04 Å². The van der Waals surface area contributed by atoms with Gasteiger partial charge in [0.15, 0.2) is 20.2 Å². The zero-order valence-corrected chi connectivity index (χ0v) is 25.8. The van der Waals surface area contributed by atoms with Gasteiger partial charge < -0.3 is 9.11 Å². The molecule has 3 aromatic heterocycles. The molecule has 45 heavy (non-hydrogen) atoms. The summed E-state index contributed by atoms with van der Waals surface area (Å²) in [7, 11) is -12.2. The molecule has 0 N–H and O–H groups in total. The van der Waals surface area contributed by atoms with Crippen molar-refractivity contribution in [2.45, 2.75) is 49.5 Å². The Labute approximate surface area is 266 Å². The number of aromatic nitrogens is 3. The number of likely N-dealkylation sites (tertiary alicyclic amines) is 1. The van der Waals surface area contributed by atoms with Crippen LogP contribution in [-0.4, -0.2) is 80.8 Å². The van der Waals surface area contributed by atoms with E-state index in [2.05, 4.69) is 61.1 Å². The summed E-state index contributed by atoms with van der Waals surface area (Å²) in [6, 6.07) is 19.0. The zero-order valence-electron chi connectivity index (χ0n) is 23.1. The maximum Gasteiger partial charge on any atom is 4.00 e. The molecule has 4 heterocycles. The van der Waals surface area contributed by atoms with Gasteiger partial charge in [-0.3, -0.25) is 24.8 Å². The fourth-order valence-corrected chi connectivity index (χ4v) is 3.93. The van der Waals surface area contributed by atoms with Gasteiger partial charge in [-0.2, -0.15) is 26.3 Å². The van der Waals surface area contributed by atoms with E-state index in [4.69, 9.17) is 25.9 Å². The molecule has 1 aliphatic rings. The van der Waals surface area contributed by atoms with Gasteiger partial charge in [0.1, 0.15) is 0 Å². The molecule has 1 fully saturated rings. The van der Waals surface area contributed by atoms with Crippen molar-refractivity contribution in [2.24, 2.45) is 0 Å². The summed E-state index contributed by atoms with van der Waals surface area (Å²) in [5.41, 5.74) is -7.93. The van der Waals surface area contributed by atoms with Gasteiger partial charge in [-0.15, -0.1) is 0 Å². The van der Waals surface area contributed by atoms with Crippen molar-refractivity contribution >= 4 is 20.2 Å². The third-order valence-corrected chi connectivity index (χ3v) is 6.98. The summed E-state index contributed by atoms with van der Waals surface area (Å²) in [6.45, 7) is 4.76. The monoisotopic (exact) mass is 727 g/mol. The maximum absolute atomic E-state index is 10.7. The maximum atomic E-state index is 10.7. The van der Waals surface area contributed by atoms with Crippen LogP contribution in [0.2, 0.25) is 0 Å². The molecule has 11 nitrogen and oxygen atoms in total. The van der Waals surface area contributed by atoms with Crippen LogP contribution < -0.4 is 0 Å². The van der Waals surface area contributed by atoms with Crippen LogP contribution in [-0.2, 0) is 56.9 Å². The minimum Gasteiger partial charge on any atom is -0.741 e. The first-order valence-corrected chi connectivity index (χ1v) is 15.4. The molecule has 0 bridgehead atoms. The number of halogens is 6. The third-order valence-electron chi connectivity index (χ3n) is 5.85. The van der Waals surface area contributed by atoms with Crippen molar-refractivity contribution < 1.29 is 69.4 Å². The van der Waals surface area contributed by atoms with E-state index in [0.717, 1.165) is 49.8 Å². The van der Waals surface area contributed by atoms with E-state index in [9.17, 15) is 26.3 Å². The fourth-order valence-electron chi connectivity index (χ4n) is 3.93. The second-order valence-corrected chi connectivity index (χ2v) is 11.9. The normalized spacial score (nSPS) is 15.7. The standard InChI is InChI=1S/C23H27N5.2CHF3O3S.Fe/c1-4-12-24-20(8-1)16-27(17-21-9-2-5-13-25-21)19-23-11-7-15-28(23)18-22-10-3-6-14-26-22;2*2-1(3,4)8(5,6)7;/h1-6,8-10,12-14,23H,7,11,15-19H2;2*(H,5,6,7);/q;;;+4/p-2/t23-;;;/m0.../s1. The molecule has 1 atom stereocenters.